The third-order valence-electron chi connectivity index (χ3n) is 2.14. The standard InChI is InChI=1S/C10H22O/c1-5-6-7-8-10(11-4)9(2)3/h9-10H,5-8H2,1-4H3. The summed E-state index contributed by atoms with van der Waals surface area (Å²) >= 11 is 0. The van der Waals surface area contributed by atoms with E-state index in [0.717, 1.165) is 0 Å². The Balaban J connectivity index is 3.36. The van der Waals surface area contributed by atoms with Gasteiger partial charge in [-0.15, -0.1) is 0 Å². The highest BCUT2D eigenvalue weighted by atomic mass is 16.5. The number of unbranched alkanes of at least 4 members (excludes halogenated alkanes) is 2. The molecule has 0 heterocycles. The van der Waals surface area contributed by atoms with E-state index in [1.54, 1.807) is 0 Å². The van der Waals surface area contributed by atoms with Crippen molar-refractivity contribution in [2.24, 2.45) is 5.92 Å². The Kier molecular flexibility index (Phi) is 6.63. The summed E-state index contributed by atoms with van der Waals surface area (Å²) in [5.74, 6) is 0.664. The molecule has 0 aromatic heterocycles. The largest absolute Gasteiger partial charge is 0.381 e. The summed E-state index contributed by atoms with van der Waals surface area (Å²) in [6, 6.07) is 0. The molecule has 1 unspecified atom stereocenters. The molecule has 0 aliphatic carbocycles. The third kappa shape index (κ3) is 5.25. The van der Waals surface area contributed by atoms with E-state index in [1.165, 1.54) is 25.7 Å². The number of hydrogen-bond acceptors (Lipinski definition) is 1. The molecule has 0 saturated carbocycles. The van der Waals surface area contributed by atoms with E-state index in [9.17, 15) is 0 Å². The van der Waals surface area contributed by atoms with Crippen LogP contribution in [0.3, 0.4) is 0 Å². The number of rotatable bonds is 6. The molecule has 68 valence electrons. The fourth-order valence-electron chi connectivity index (χ4n) is 1.32. The van der Waals surface area contributed by atoms with Crippen molar-refractivity contribution in [1.82, 2.24) is 0 Å². The summed E-state index contributed by atoms with van der Waals surface area (Å²) in [4.78, 5) is 0. The van der Waals surface area contributed by atoms with Crippen molar-refractivity contribution in [3.8, 4) is 0 Å². The Labute approximate surface area is 71.1 Å². The number of hydrogen-bond donors (Lipinski definition) is 0. The van der Waals surface area contributed by atoms with Crippen LogP contribution in [0.5, 0.6) is 0 Å². The predicted octanol–water partition coefficient (Wildman–Crippen LogP) is 3.24. The normalized spacial score (nSPS) is 13.9. The van der Waals surface area contributed by atoms with Crippen LogP contribution in [0.15, 0.2) is 0 Å². The summed E-state index contributed by atoms with van der Waals surface area (Å²) in [6.07, 6.45) is 5.65. The van der Waals surface area contributed by atoms with Crippen LogP contribution < -0.4 is 0 Å². The second-order valence-electron chi connectivity index (χ2n) is 3.51. The van der Waals surface area contributed by atoms with Crippen molar-refractivity contribution in [1.29, 1.82) is 0 Å². The van der Waals surface area contributed by atoms with Gasteiger partial charge in [0.15, 0.2) is 0 Å². The molecule has 1 nitrogen and oxygen atoms in total. The molecule has 0 spiro atoms. The molecule has 11 heavy (non-hydrogen) atoms. The van der Waals surface area contributed by atoms with Gasteiger partial charge in [0.05, 0.1) is 6.10 Å². The molecule has 0 aromatic carbocycles. The van der Waals surface area contributed by atoms with Crippen LogP contribution in [0.2, 0.25) is 0 Å². The molecule has 1 heteroatoms. The molecule has 1 atom stereocenters. The number of ether oxygens (including phenoxy) is 1. The summed E-state index contributed by atoms with van der Waals surface area (Å²) in [5.41, 5.74) is 0. The average Bonchev–Trinajstić information content (AvgIpc) is 1.97. The molecular weight excluding hydrogens is 136 g/mol. The molecule has 0 saturated heterocycles. The second kappa shape index (κ2) is 6.66. The quantitative estimate of drug-likeness (QED) is 0.539. The predicted molar refractivity (Wildman–Crippen MR) is 49.8 cm³/mol. The van der Waals surface area contributed by atoms with Crippen LogP contribution in [0, 0.1) is 5.92 Å². The van der Waals surface area contributed by atoms with Gasteiger partial charge in [0.25, 0.3) is 0 Å². The Bertz CT molecular complexity index is 78.9. The summed E-state index contributed by atoms with van der Waals surface area (Å²) in [5, 5.41) is 0. The molecule has 0 aliphatic heterocycles. The lowest BCUT2D eigenvalue weighted by atomic mass is 10.0. The van der Waals surface area contributed by atoms with Gasteiger partial charge in [-0.25, -0.2) is 0 Å². The minimum atomic E-state index is 0.474. The zero-order valence-corrected chi connectivity index (χ0v) is 8.39. The van der Waals surface area contributed by atoms with Crippen molar-refractivity contribution >= 4 is 0 Å². The fourth-order valence-corrected chi connectivity index (χ4v) is 1.32. The maximum Gasteiger partial charge on any atom is 0.0594 e. The van der Waals surface area contributed by atoms with E-state index >= 15 is 0 Å². The fraction of sp³-hybridized carbons (Fsp3) is 1.00. The van der Waals surface area contributed by atoms with Crippen LogP contribution in [0.4, 0.5) is 0 Å². The summed E-state index contributed by atoms with van der Waals surface area (Å²) < 4.78 is 5.36. The minimum Gasteiger partial charge on any atom is -0.381 e. The maximum atomic E-state index is 5.36. The van der Waals surface area contributed by atoms with Crippen molar-refractivity contribution in [2.45, 2.75) is 52.6 Å². The van der Waals surface area contributed by atoms with Gasteiger partial charge in [0, 0.05) is 7.11 Å². The van der Waals surface area contributed by atoms with Gasteiger partial charge in [-0.1, -0.05) is 40.0 Å². The monoisotopic (exact) mass is 158 g/mol. The first-order valence-corrected chi connectivity index (χ1v) is 4.75. The second-order valence-corrected chi connectivity index (χ2v) is 3.51. The van der Waals surface area contributed by atoms with Crippen molar-refractivity contribution < 1.29 is 4.74 Å². The highest BCUT2D eigenvalue weighted by Gasteiger charge is 2.10. The zero-order valence-electron chi connectivity index (χ0n) is 8.39. The molecular formula is C10H22O. The van der Waals surface area contributed by atoms with Crippen LogP contribution >= 0.6 is 0 Å². The van der Waals surface area contributed by atoms with Crippen LogP contribution in [0.25, 0.3) is 0 Å². The van der Waals surface area contributed by atoms with Crippen LogP contribution in [0.1, 0.15) is 46.5 Å². The molecule has 0 radical (unpaired) electrons. The molecule has 0 N–H and O–H groups in total. The number of methoxy groups -OCH3 is 1. The van der Waals surface area contributed by atoms with Crippen molar-refractivity contribution in [3.63, 3.8) is 0 Å². The topological polar surface area (TPSA) is 9.23 Å². The molecule has 0 bridgehead atoms. The Morgan fingerprint density at radius 1 is 1.18 bits per heavy atom. The van der Waals surface area contributed by atoms with Gasteiger partial charge in [-0.2, -0.15) is 0 Å². The molecule has 0 rings (SSSR count). The van der Waals surface area contributed by atoms with Crippen LogP contribution in [-0.2, 0) is 4.74 Å². The molecule has 0 fully saturated rings. The van der Waals surface area contributed by atoms with E-state index in [2.05, 4.69) is 20.8 Å². The van der Waals surface area contributed by atoms with Crippen LogP contribution in [-0.4, -0.2) is 13.2 Å². The molecule has 0 aromatic rings. The van der Waals surface area contributed by atoms with Gasteiger partial charge >= 0.3 is 0 Å². The van der Waals surface area contributed by atoms with Gasteiger partial charge in [0.1, 0.15) is 0 Å². The lowest BCUT2D eigenvalue weighted by molar-refractivity contribution is 0.0561. The summed E-state index contributed by atoms with van der Waals surface area (Å²) in [7, 11) is 1.82. The van der Waals surface area contributed by atoms with E-state index < -0.39 is 0 Å². The van der Waals surface area contributed by atoms with Gasteiger partial charge in [-0.05, 0) is 12.3 Å². The van der Waals surface area contributed by atoms with E-state index in [-0.39, 0.29) is 0 Å². The summed E-state index contributed by atoms with van der Waals surface area (Å²) in [6.45, 7) is 6.68. The first-order chi connectivity index (χ1) is 5.22. The average molecular weight is 158 g/mol. The van der Waals surface area contributed by atoms with E-state index in [4.69, 9.17) is 4.74 Å². The van der Waals surface area contributed by atoms with Gasteiger partial charge in [0.2, 0.25) is 0 Å². The zero-order chi connectivity index (χ0) is 8.69. The first kappa shape index (κ1) is 11.0. The lowest BCUT2D eigenvalue weighted by Crippen LogP contribution is -2.17. The highest BCUT2D eigenvalue weighted by Crippen LogP contribution is 2.13. The minimum absolute atomic E-state index is 0.474. The Morgan fingerprint density at radius 2 is 1.82 bits per heavy atom. The maximum absolute atomic E-state index is 5.36. The van der Waals surface area contributed by atoms with Gasteiger partial charge < -0.3 is 4.74 Å². The van der Waals surface area contributed by atoms with Crippen molar-refractivity contribution in [2.75, 3.05) is 7.11 Å². The molecule has 0 amide bonds. The van der Waals surface area contributed by atoms with Gasteiger partial charge in [-0.3, -0.25) is 0 Å². The van der Waals surface area contributed by atoms with Crippen molar-refractivity contribution in [3.05, 3.63) is 0 Å². The lowest BCUT2D eigenvalue weighted by Gasteiger charge is -2.18. The Morgan fingerprint density at radius 3 is 2.18 bits per heavy atom. The van der Waals surface area contributed by atoms with E-state index in [0.29, 0.717) is 12.0 Å². The van der Waals surface area contributed by atoms with E-state index in [1.807, 2.05) is 7.11 Å². The SMILES string of the molecule is CCCCCC(OC)C(C)C. The highest BCUT2D eigenvalue weighted by molar-refractivity contribution is 4.61. The Hall–Kier alpha value is -0.0400. The molecule has 0 aliphatic rings. The third-order valence-corrected chi connectivity index (χ3v) is 2.14. The smallest absolute Gasteiger partial charge is 0.0594 e. The first-order valence-electron chi connectivity index (χ1n) is 4.75.